The number of carbonyl (C=O) groups is 1. The van der Waals surface area contributed by atoms with E-state index in [4.69, 9.17) is 0 Å². The molecule has 0 aliphatic heterocycles. The van der Waals surface area contributed by atoms with Crippen molar-refractivity contribution < 1.29 is 9.90 Å². The average molecular weight is 328 g/mol. The highest BCUT2D eigenvalue weighted by atomic mass is 16.2. The highest BCUT2D eigenvalue weighted by molar-refractivity contribution is 5.91. The van der Waals surface area contributed by atoms with Crippen molar-refractivity contribution in [2.45, 2.75) is 65.2 Å². The van der Waals surface area contributed by atoms with Crippen LogP contribution in [0.5, 0.6) is 0 Å². The Labute approximate surface area is 146 Å². The molecule has 0 aromatic heterocycles. The number of carbonyl (C=O) groups excluding carboxylic acids is 1. The largest absolute Gasteiger partial charge is 0.392 e. The summed E-state index contributed by atoms with van der Waals surface area (Å²) >= 11 is 0. The van der Waals surface area contributed by atoms with Gasteiger partial charge in [-0.2, -0.15) is 0 Å². The number of aliphatic hydroxyl groups is 1. The number of ketones is 1. The number of hydrogen-bond acceptors (Lipinski definition) is 2. The van der Waals surface area contributed by atoms with Gasteiger partial charge in [0.2, 0.25) is 0 Å². The Bertz CT molecular complexity index is 589. The summed E-state index contributed by atoms with van der Waals surface area (Å²) in [4.78, 5) is 12.0. The zero-order valence-electron chi connectivity index (χ0n) is 15.3. The van der Waals surface area contributed by atoms with E-state index < -0.39 is 0 Å². The van der Waals surface area contributed by atoms with Crippen molar-refractivity contribution in [2.75, 3.05) is 6.61 Å². The summed E-state index contributed by atoms with van der Waals surface area (Å²) in [7, 11) is 0. The molecule has 0 unspecified atom stereocenters. The highest BCUT2D eigenvalue weighted by Crippen LogP contribution is 2.66. The van der Waals surface area contributed by atoms with Crippen molar-refractivity contribution >= 4 is 5.78 Å². The molecule has 132 valence electrons. The minimum Gasteiger partial charge on any atom is -0.392 e. The highest BCUT2D eigenvalue weighted by Gasteiger charge is 2.58. The quantitative estimate of drug-likeness (QED) is 0.747. The second-order valence-electron chi connectivity index (χ2n) is 9.41. The van der Waals surface area contributed by atoms with Crippen LogP contribution in [0.3, 0.4) is 0 Å². The van der Waals surface area contributed by atoms with Gasteiger partial charge in [0.25, 0.3) is 0 Å². The number of hydrogen-bond donors (Lipinski definition) is 1. The van der Waals surface area contributed by atoms with Gasteiger partial charge in [0, 0.05) is 6.42 Å². The van der Waals surface area contributed by atoms with Crippen molar-refractivity contribution in [3.05, 3.63) is 23.8 Å². The minimum atomic E-state index is 0.130. The maximum absolute atomic E-state index is 12.0. The van der Waals surface area contributed by atoms with Crippen LogP contribution in [0.25, 0.3) is 0 Å². The normalized spacial score (nSPS) is 48.0. The molecule has 2 heteroatoms. The van der Waals surface area contributed by atoms with Crippen molar-refractivity contribution in [3.63, 3.8) is 0 Å². The maximum Gasteiger partial charge on any atom is 0.155 e. The lowest BCUT2D eigenvalue weighted by atomic mass is 9.45. The molecule has 3 saturated carbocycles. The first-order valence-corrected chi connectivity index (χ1v) is 9.99. The van der Waals surface area contributed by atoms with E-state index in [0.717, 1.165) is 37.0 Å². The topological polar surface area (TPSA) is 37.3 Å². The fourth-order valence-corrected chi connectivity index (χ4v) is 7.04. The number of fused-ring (bicyclic) bond motifs is 5. The Kier molecular flexibility index (Phi) is 4.03. The van der Waals surface area contributed by atoms with Crippen LogP contribution in [0.4, 0.5) is 0 Å². The molecule has 0 saturated heterocycles. The lowest BCUT2D eigenvalue weighted by molar-refractivity contribution is -0.117. The van der Waals surface area contributed by atoms with Crippen molar-refractivity contribution in [2.24, 2.45) is 34.5 Å². The van der Waals surface area contributed by atoms with Crippen LogP contribution in [0.15, 0.2) is 23.8 Å². The average Bonchev–Trinajstić information content (AvgIpc) is 2.95. The van der Waals surface area contributed by atoms with Gasteiger partial charge in [-0.3, -0.25) is 4.79 Å². The lowest BCUT2D eigenvalue weighted by Crippen LogP contribution is -2.52. The molecule has 4 aliphatic carbocycles. The first-order chi connectivity index (χ1) is 11.5. The molecule has 4 aliphatic rings. The van der Waals surface area contributed by atoms with E-state index in [0.29, 0.717) is 17.1 Å². The Morgan fingerprint density at radius 3 is 2.83 bits per heavy atom. The monoisotopic (exact) mass is 328 g/mol. The molecule has 0 bridgehead atoms. The van der Waals surface area contributed by atoms with Gasteiger partial charge in [-0.25, -0.2) is 0 Å². The second kappa shape index (κ2) is 5.83. The van der Waals surface area contributed by atoms with Gasteiger partial charge in [0.15, 0.2) is 5.78 Å². The van der Waals surface area contributed by atoms with Gasteiger partial charge in [-0.05, 0) is 79.1 Å². The SMILES string of the molecule is C[C@@]12CCC[C@H]1[C@@H]1[C@H](C=CCO)CC3=CC(=O)CC[C@]3(C)[C@H]1CC2. The first-order valence-electron chi connectivity index (χ1n) is 9.99. The Balaban J connectivity index is 1.76. The predicted molar refractivity (Wildman–Crippen MR) is 96.4 cm³/mol. The molecule has 4 rings (SSSR count). The third-order valence-corrected chi connectivity index (χ3v) is 8.33. The standard InChI is InChI=1S/C22H32O2/c1-21-9-3-6-18(21)20-15(5-4-12-23)13-16-14-17(24)7-11-22(16,2)19(20)8-10-21/h4-5,14-15,18-20,23H,3,6-13H2,1-2H3/t15-,18+,19+,20+,21+,22+/m1/s1. The first kappa shape index (κ1) is 16.6. The van der Waals surface area contributed by atoms with Crippen LogP contribution in [0.2, 0.25) is 0 Å². The molecule has 1 N–H and O–H groups in total. The van der Waals surface area contributed by atoms with Gasteiger partial charge in [-0.15, -0.1) is 0 Å². The number of aliphatic hydroxyl groups excluding tert-OH is 1. The van der Waals surface area contributed by atoms with Gasteiger partial charge in [0.05, 0.1) is 6.61 Å². The summed E-state index contributed by atoms with van der Waals surface area (Å²) in [5.74, 6) is 3.13. The van der Waals surface area contributed by atoms with Gasteiger partial charge < -0.3 is 5.11 Å². The molecule has 0 amide bonds. The second-order valence-corrected chi connectivity index (χ2v) is 9.41. The molecule has 0 spiro atoms. The predicted octanol–water partition coefficient (Wildman–Crippen LogP) is 4.68. The molecule has 0 aromatic rings. The smallest absolute Gasteiger partial charge is 0.155 e. The van der Waals surface area contributed by atoms with Gasteiger partial charge >= 0.3 is 0 Å². The lowest BCUT2D eigenvalue weighted by Gasteiger charge is -2.59. The zero-order chi connectivity index (χ0) is 16.9. The third-order valence-electron chi connectivity index (χ3n) is 8.33. The molecular formula is C22H32O2. The van der Waals surface area contributed by atoms with Crippen molar-refractivity contribution in [1.29, 1.82) is 0 Å². The summed E-state index contributed by atoms with van der Waals surface area (Å²) in [5.41, 5.74) is 2.19. The fraction of sp³-hybridized carbons (Fsp3) is 0.773. The van der Waals surface area contributed by atoms with E-state index in [-0.39, 0.29) is 12.0 Å². The van der Waals surface area contributed by atoms with E-state index in [1.807, 2.05) is 12.2 Å². The van der Waals surface area contributed by atoms with Crippen LogP contribution in [0, 0.1) is 34.5 Å². The van der Waals surface area contributed by atoms with E-state index >= 15 is 0 Å². The summed E-state index contributed by atoms with van der Waals surface area (Å²) in [6.07, 6.45) is 15.9. The molecule has 24 heavy (non-hydrogen) atoms. The summed E-state index contributed by atoms with van der Waals surface area (Å²) in [6.45, 7) is 5.11. The zero-order valence-corrected chi connectivity index (χ0v) is 15.3. The van der Waals surface area contributed by atoms with Crippen LogP contribution >= 0.6 is 0 Å². The summed E-state index contributed by atoms with van der Waals surface area (Å²) < 4.78 is 0. The molecule has 3 fully saturated rings. The van der Waals surface area contributed by atoms with Gasteiger partial charge in [0.1, 0.15) is 0 Å². The van der Waals surface area contributed by atoms with E-state index in [1.165, 1.54) is 37.7 Å². The Morgan fingerprint density at radius 1 is 1.21 bits per heavy atom. The molecular weight excluding hydrogens is 296 g/mol. The maximum atomic E-state index is 12.0. The Hall–Kier alpha value is -0.890. The molecule has 0 heterocycles. The number of allylic oxidation sites excluding steroid dienone is 2. The van der Waals surface area contributed by atoms with Crippen molar-refractivity contribution in [1.82, 2.24) is 0 Å². The summed E-state index contributed by atoms with van der Waals surface area (Å²) in [5, 5.41) is 9.30. The molecule has 0 aromatic carbocycles. The molecule has 2 nitrogen and oxygen atoms in total. The molecule has 0 radical (unpaired) electrons. The van der Waals surface area contributed by atoms with E-state index in [2.05, 4.69) is 19.9 Å². The number of rotatable bonds is 2. The van der Waals surface area contributed by atoms with Crippen LogP contribution in [-0.4, -0.2) is 17.5 Å². The molecule has 6 atom stereocenters. The van der Waals surface area contributed by atoms with E-state index in [1.54, 1.807) is 0 Å². The van der Waals surface area contributed by atoms with Gasteiger partial charge in [-0.1, -0.05) is 38.0 Å². The van der Waals surface area contributed by atoms with Crippen LogP contribution in [-0.2, 0) is 4.79 Å². The van der Waals surface area contributed by atoms with E-state index in [9.17, 15) is 9.90 Å². The van der Waals surface area contributed by atoms with Crippen molar-refractivity contribution in [3.8, 4) is 0 Å². The third kappa shape index (κ3) is 2.36. The summed E-state index contributed by atoms with van der Waals surface area (Å²) in [6, 6.07) is 0. The minimum absolute atomic E-state index is 0.130. The fourth-order valence-electron chi connectivity index (χ4n) is 7.04. The Morgan fingerprint density at radius 2 is 2.04 bits per heavy atom. The van der Waals surface area contributed by atoms with Crippen LogP contribution < -0.4 is 0 Å². The van der Waals surface area contributed by atoms with Crippen LogP contribution in [0.1, 0.15) is 65.2 Å².